The van der Waals surface area contributed by atoms with E-state index >= 15 is 0 Å². The van der Waals surface area contributed by atoms with E-state index in [0.29, 0.717) is 6.23 Å². The maximum Gasteiger partial charge on any atom is 0.153 e. The van der Waals surface area contributed by atoms with Gasteiger partial charge in [-0.2, -0.15) is 0 Å². The highest BCUT2D eigenvalue weighted by Gasteiger charge is 2.27. The number of ether oxygens (including phenoxy) is 1. The molecule has 0 aliphatic carbocycles. The van der Waals surface area contributed by atoms with Crippen LogP contribution < -0.4 is 0 Å². The lowest BCUT2D eigenvalue weighted by Crippen LogP contribution is -2.21. The first kappa shape index (κ1) is 13.8. The zero-order chi connectivity index (χ0) is 12.5. The van der Waals surface area contributed by atoms with E-state index in [-0.39, 0.29) is 0 Å². The van der Waals surface area contributed by atoms with Gasteiger partial charge in [0.2, 0.25) is 0 Å². The highest BCUT2D eigenvalue weighted by atomic mass is 16.6. The Balaban J connectivity index is 1.94. The van der Waals surface area contributed by atoms with Crippen molar-refractivity contribution in [2.45, 2.75) is 31.9 Å². The van der Waals surface area contributed by atoms with Crippen LogP contribution in [-0.4, -0.2) is 35.7 Å². The summed E-state index contributed by atoms with van der Waals surface area (Å²) in [5.41, 5.74) is 0. The predicted octanol–water partition coefficient (Wildman–Crippen LogP) is 2.94. The number of nitrogens with zero attached hydrogens (tertiary/aromatic N) is 2. The van der Waals surface area contributed by atoms with Gasteiger partial charge in [0.15, 0.2) is 6.23 Å². The van der Waals surface area contributed by atoms with E-state index in [2.05, 4.69) is 24.6 Å². The molecule has 1 atom stereocenters. The van der Waals surface area contributed by atoms with Crippen LogP contribution in [0.2, 0.25) is 0 Å². The van der Waals surface area contributed by atoms with Crippen LogP contribution in [0.5, 0.6) is 0 Å². The molecule has 1 aliphatic rings. The van der Waals surface area contributed by atoms with E-state index < -0.39 is 0 Å². The molecule has 3 nitrogen and oxygen atoms in total. The molecule has 0 aromatic rings. The molecule has 1 aliphatic heterocycles. The van der Waals surface area contributed by atoms with Crippen LogP contribution in [0.4, 0.5) is 0 Å². The van der Waals surface area contributed by atoms with Gasteiger partial charge >= 0.3 is 0 Å². The van der Waals surface area contributed by atoms with Crippen molar-refractivity contribution in [3.63, 3.8) is 0 Å². The molecule has 0 radical (unpaired) electrons. The van der Waals surface area contributed by atoms with E-state index in [1.165, 1.54) is 25.7 Å². The summed E-state index contributed by atoms with van der Waals surface area (Å²) < 4.78 is 5.23. The van der Waals surface area contributed by atoms with Crippen LogP contribution in [0.25, 0.3) is 0 Å². The van der Waals surface area contributed by atoms with Gasteiger partial charge in [-0.3, -0.25) is 0 Å². The molecule has 0 amide bonds. The Hall–Kier alpha value is -1.22. The molecule has 1 unspecified atom stereocenters. The van der Waals surface area contributed by atoms with E-state index in [1.807, 2.05) is 23.5 Å². The summed E-state index contributed by atoms with van der Waals surface area (Å²) in [6.45, 7) is 14.2. The molecule has 0 aromatic carbocycles. The molecular formula is C14H24N2O. The van der Waals surface area contributed by atoms with Gasteiger partial charge in [0.25, 0.3) is 0 Å². The van der Waals surface area contributed by atoms with Crippen LogP contribution in [0.3, 0.4) is 0 Å². The Bertz CT molecular complexity index is 241. The topological polar surface area (TPSA) is 19.0 Å². The average molecular weight is 236 g/mol. The maximum atomic E-state index is 5.23. The molecule has 1 fully saturated rings. The van der Waals surface area contributed by atoms with Crippen LogP contribution in [-0.2, 0) is 4.74 Å². The van der Waals surface area contributed by atoms with E-state index in [4.69, 9.17) is 4.74 Å². The molecule has 0 bridgehead atoms. The molecule has 0 N–H and O–H groups in total. The second-order valence-electron chi connectivity index (χ2n) is 4.23. The lowest BCUT2D eigenvalue weighted by molar-refractivity contribution is 0.233. The third-order valence-corrected chi connectivity index (χ3v) is 2.97. The Morgan fingerprint density at radius 3 is 2.00 bits per heavy atom. The van der Waals surface area contributed by atoms with Crippen molar-refractivity contribution in [3.8, 4) is 0 Å². The van der Waals surface area contributed by atoms with Gasteiger partial charge in [-0.25, -0.2) is 0 Å². The Labute approximate surface area is 105 Å². The van der Waals surface area contributed by atoms with Gasteiger partial charge in [0, 0.05) is 13.1 Å². The van der Waals surface area contributed by atoms with Gasteiger partial charge < -0.3 is 14.5 Å². The van der Waals surface area contributed by atoms with E-state index in [0.717, 1.165) is 19.7 Å². The third kappa shape index (κ3) is 5.59. The summed E-state index contributed by atoms with van der Waals surface area (Å²) in [6, 6.07) is 0. The SMILES string of the molecule is C=CN(C=C)CCCCCCN(C=C)C1CO1. The minimum atomic E-state index is 0.310. The molecular weight excluding hydrogens is 212 g/mol. The van der Waals surface area contributed by atoms with Gasteiger partial charge in [-0.05, 0) is 31.4 Å². The largest absolute Gasteiger partial charge is 0.355 e. The Morgan fingerprint density at radius 2 is 1.53 bits per heavy atom. The Kier molecular flexibility index (Phi) is 6.48. The normalized spacial score (nSPS) is 17.3. The van der Waals surface area contributed by atoms with Crippen molar-refractivity contribution in [1.82, 2.24) is 9.80 Å². The standard InChI is InChI=1S/C14H24N2O/c1-4-15(5-2)11-9-7-8-10-12-16(6-3)14-13-17-14/h4-6,14H,1-3,7-13H2. The molecule has 17 heavy (non-hydrogen) atoms. The quantitative estimate of drug-likeness (QED) is 0.406. The van der Waals surface area contributed by atoms with Gasteiger partial charge in [-0.1, -0.05) is 32.6 Å². The number of rotatable bonds is 11. The van der Waals surface area contributed by atoms with Crippen molar-refractivity contribution in [1.29, 1.82) is 0 Å². The van der Waals surface area contributed by atoms with Crippen LogP contribution in [0.15, 0.2) is 38.3 Å². The van der Waals surface area contributed by atoms with Gasteiger partial charge in [0.05, 0.1) is 6.61 Å². The van der Waals surface area contributed by atoms with Crippen molar-refractivity contribution in [2.24, 2.45) is 0 Å². The molecule has 1 rings (SSSR count). The molecule has 0 aromatic heterocycles. The fraction of sp³-hybridized carbons (Fsp3) is 0.571. The highest BCUT2D eigenvalue weighted by molar-refractivity contribution is 4.81. The third-order valence-electron chi connectivity index (χ3n) is 2.97. The van der Waals surface area contributed by atoms with Crippen LogP contribution in [0, 0.1) is 0 Å². The zero-order valence-corrected chi connectivity index (χ0v) is 10.7. The molecule has 96 valence electrons. The van der Waals surface area contributed by atoms with E-state index in [9.17, 15) is 0 Å². The number of hydrogen-bond donors (Lipinski definition) is 0. The minimum Gasteiger partial charge on any atom is -0.355 e. The lowest BCUT2D eigenvalue weighted by atomic mass is 10.2. The second-order valence-corrected chi connectivity index (χ2v) is 4.23. The molecule has 1 heterocycles. The summed E-state index contributed by atoms with van der Waals surface area (Å²) in [7, 11) is 0. The van der Waals surface area contributed by atoms with Gasteiger partial charge in [0.1, 0.15) is 0 Å². The first-order valence-corrected chi connectivity index (χ1v) is 6.32. The fourth-order valence-electron chi connectivity index (χ4n) is 1.79. The van der Waals surface area contributed by atoms with Crippen LogP contribution in [0.1, 0.15) is 25.7 Å². The first-order valence-electron chi connectivity index (χ1n) is 6.32. The second kappa shape index (κ2) is 7.96. The van der Waals surface area contributed by atoms with Gasteiger partial charge in [-0.15, -0.1) is 0 Å². The Morgan fingerprint density at radius 1 is 0.941 bits per heavy atom. The van der Waals surface area contributed by atoms with Crippen molar-refractivity contribution in [3.05, 3.63) is 38.3 Å². The van der Waals surface area contributed by atoms with Crippen molar-refractivity contribution in [2.75, 3.05) is 19.7 Å². The molecule has 0 spiro atoms. The summed E-state index contributed by atoms with van der Waals surface area (Å²) in [4.78, 5) is 4.20. The highest BCUT2D eigenvalue weighted by Crippen LogP contribution is 2.16. The summed E-state index contributed by atoms with van der Waals surface area (Å²) in [6.07, 6.45) is 10.7. The van der Waals surface area contributed by atoms with Crippen molar-refractivity contribution >= 4 is 0 Å². The van der Waals surface area contributed by atoms with E-state index in [1.54, 1.807) is 0 Å². The predicted molar refractivity (Wildman–Crippen MR) is 72.2 cm³/mol. The first-order chi connectivity index (χ1) is 8.31. The van der Waals surface area contributed by atoms with Crippen LogP contribution >= 0.6 is 0 Å². The minimum absolute atomic E-state index is 0.310. The average Bonchev–Trinajstić information content (AvgIpc) is 3.17. The summed E-state index contributed by atoms with van der Waals surface area (Å²) in [5.74, 6) is 0. The number of hydrogen-bond acceptors (Lipinski definition) is 3. The molecule has 3 heteroatoms. The molecule has 0 saturated carbocycles. The number of unbranched alkanes of at least 4 members (excludes halogenated alkanes) is 3. The van der Waals surface area contributed by atoms with Crippen molar-refractivity contribution < 1.29 is 4.74 Å². The zero-order valence-electron chi connectivity index (χ0n) is 10.7. The lowest BCUT2D eigenvalue weighted by Gasteiger charge is -2.17. The molecule has 1 saturated heterocycles. The monoisotopic (exact) mass is 236 g/mol. The summed E-state index contributed by atoms with van der Waals surface area (Å²) in [5, 5.41) is 0. The smallest absolute Gasteiger partial charge is 0.153 e. The fourth-order valence-corrected chi connectivity index (χ4v) is 1.79. The summed E-state index contributed by atoms with van der Waals surface area (Å²) >= 11 is 0. The maximum absolute atomic E-state index is 5.23. The number of epoxide rings is 1.